The fourth-order valence-electron chi connectivity index (χ4n) is 2.67. The SMILES string of the molecule is CCN(CC(=O)NCCCC(=O)O)C1CCC(N)CC1. The first-order chi connectivity index (χ1) is 9.52. The summed E-state index contributed by atoms with van der Waals surface area (Å²) in [6.45, 7) is 3.73. The van der Waals surface area contributed by atoms with Crippen molar-refractivity contribution in [3.63, 3.8) is 0 Å². The third-order valence-corrected chi connectivity index (χ3v) is 3.90. The first kappa shape index (κ1) is 16.9. The monoisotopic (exact) mass is 285 g/mol. The molecule has 20 heavy (non-hydrogen) atoms. The Balaban J connectivity index is 2.25. The minimum absolute atomic E-state index is 0.0212. The zero-order valence-corrected chi connectivity index (χ0v) is 12.3. The fourth-order valence-corrected chi connectivity index (χ4v) is 2.67. The Morgan fingerprint density at radius 1 is 1.30 bits per heavy atom. The quantitative estimate of drug-likeness (QED) is 0.566. The molecule has 6 heteroatoms. The van der Waals surface area contributed by atoms with Gasteiger partial charge in [0.2, 0.25) is 5.91 Å². The van der Waals surface area contributed by atoms with Gasteiger partial charge in [-0.15, -0.1) is 0 Å². The first-order valence-electron chi connectivity index (χ1n) is 7.51. The molecule has 0 atom stereocenters. The number of amides is 1. The van der Waals surface area contributed by atoms with Crippen molar-refractivity contribution in [1.82, 2.24) is 10.2 Å². The summed E-state index contributed by atoms with van der Waals surface area (Å²) in [4.78, 5) is 24.4. The smallest absolute Gasteiger partial charge is 0.303 e. The number of rotatable bonds is 8. The van der Waals surface area contributed by atoms with Crippen LogP contribution in [0.3, 0.4) is 0 Å². The average molecular weight is 285 g/mol. The normalized spacial score (nSPS) is 22.8. The molecule has 1 saturated carbocycles. The molecule has 0 aromatic rings. The molecule has 1 aliphatic rings. The molecule has 0 radical (unpaired) electrons. The number of aliphatic carboxylic acids is 1. The van der Waals surface area contributed by atoms with Crippen molar-refractivity contribution >= 4 is 11.9 Å². The van der Waals surface area contributed by atoms with Crippen LogP contribution in [0.25, 0.3) is 0 Å². The molecule has 6 nitrogen and oxygen atoms in total. The van der Waals surface area contributed by atoms with Gasteiger partial charge in [-0.2, -0.15) is 0 Å². The molecule has 4 N–H and O–H groups in total. The maximum absolute atomic E-state index is 11.8. The summed E-state index contributed by atoms with van der Waals surface area (Å²) in [5.74, 6) is -0.847. The minimum atomic E-state index is -0.826. The summed E-state index contributed by atoms with van der Waals surface area (Å²) in [7, 11) is 0. The van der Waals surface area contributed by atoms with Crippen molar-refractivity contribution in [2.75, 3.05) is 19.6 Å². The highest BCUT2D eigenvalue weighted by molar-refractivity contribution is 5.78. The van der Waals surface area contributed by atoms with Gasteiger partial charge in [0.05, 0.1) is 6.54 Å². The van der Waals surface area contributed by atoms with Crippen molar-refractivity contribution in [1.29, 1.82) is 0 Å². The molecule has 116 valence electrons. The second-order valence-electron chi connectivity index (χ2n) is 5.48. The Bertz CT molecular complexity index is 315. The number of nitrogens with zero attached hydrogens (tertiary/aromatic N) is 1. The molecule has 0 saturated heterocycles. The van der Waals surface area contributed by atoms with E-state index in [9.17, 15) is 9.59 Å². The van der Waals surface area contributed by atoms with Crippen LogP contribution in [0.4, 0.5) is 0 Å². The van der Waals surface area contributed by atoms with Gasteiger partial charge < -0.3 is 16.2 Å². The van der Waals surface area contributed by atoms with Gasteiger partial charge in [-0.25, -0.2) is 0 Å². The van der Waals surface area contributed by atoms with Gasteiger partial charge in [0, 0.05) is 25.0 Å². The Labute approximate surface area is 120 Å². The number of nitrogens with one attached hydrogen (secondary N) is 1. The summed E-state index contributed by atoms with van der Waals surface area (Å²) in [6.07, 6.45) is 4.75. The Kier molecular flexibility index (Phi) is 7.54. The van der Waals surface area contributed by atoms with Crippen molar-refractivity contribution < 1.29 is 14.7 Å². The van der Waals surface area contributed by atoms with E-state index in [1.165, 1.54) is 0 Å². The summed E-state index contributed by atoms with van der Waals surface area (Å²) >= 11 is 0. The molecule has 0 spiro atoms. The van der Waals surface area contributed by atoms with E-state index in [0.717, 1.165) is 32.2 Å². The van der Waals surface area contributed by atoms with E-state index >= 15 is 0 Å². The lowest BCUT2D eigenvalue weighted by atomic mass is 9.91. The number of carbonyl (C=O) groups excluding carboxylic acids is 1. The topological polar surface area (TPSA) is 95.7 Å². The van der Waals surface area contributed by atoms with Crippen LogP contribution < -0.4 is 11.1 Å². The van der Waals surface area contributed by atoms with E-state index in [-0.39, 0.29) is 12.3 Å². The number of hydrogen-bond acceptors (Lipinski definition) is 4. The Morgan fingerprint density at radius 2 is 1.95 bits per heavy atom. The van der Waals surface area contributed by atoms with Crippen molar-refractivity contribution in [3.05, 3.63) is 0 Å². The van der Waals surface area contributed by atoms with Gasteiger partial charge in [0.1, 0.15) is 0 Å². The highest BCUT2D eigenvalue weighted by Crippen LogP contribution is 2.21. The lowest BCUT2D eigenvalue weighted by Crippen LogP contribution is -2.45. The lowest BCUT2D eigenvalue weighted by molar-refractivity contribution is -0.137. The van der Waals surface area contributed by atoms with Crippen LogP contribution in [0.2, 0.25) is 0 Å². The van der Waals surface area contributed by atoms with Gasteiger partial charge in [-0.05, 0) is 38.6 Å². The van der Waals surface area contributed by atoms with Crippen LogP contribution in [0.15, 0.2) is 0 Å². The fraction of sp³-hybridized carbons (Fsp3) is 0.857. The van der Waals surface area contributed by atoms with Crippen molar-refractivity contribution in [2.24, 2.45) is 5.73 Å². The first-order valence-corrected chi connectivity index (χ1v) is 7.51. The maximum Gasteiger partial charge on any atom is 0.303 e. The van der Waals surface area contributed by atoms with Crippen molar-refractivity contribution in [3.8, 4) is 0 Å². The number of carboxylic acids is 1. The van der Waals surface area contributed by atoms with Gasteiger partial charge >= 0.3 is 5.97 Å². The average Bonchev–Trinajstić information content (AvgIpc) is 2.42. The number of likely N-dealkylation sites (N-methyl/N-ethyl adjacent to an activating group) is 1. The van der Waals surface area contributed by atoms with E-state index in [0.29, 0.717) is 31.6 Å². The molecule has 0 bridgehead atoms. The zero-order chi connectivity index (χ0) is 15.0. The molecule has 1 amide bonds. The van der Waals surface area contributed by atoms with Crippen LogP contribution in [0.5, 0.6) is 0 Å². The van der Waals surface area contributed by atoms with Crippen LogP contribution in [-0.4, -0.2) is 53.6 Å². The second kappa shape index (κ2) is 8.92. The standard InChI is InChI=1S/C14H27N3O3/c1-2-17(12-7-5-11(15)6-8-12)10-13(18)16-9-3-4-14(19)20/h11-12H,2-10,15H2,1H3,(H,16,18)(H,19,20). The molecule has 0 aromatic carbocycles. The van der Waals surface area contributed by atoms with Crippen LogP contribution in [0.1, 0.15) is 45.4 Å². The van der Waals surface area contributed by atoms with Crippen LogP contribution >= 0.6 is 0 Å². The van der Waals surface area contributed by atoms with Gasteiger partial charge in [0.15, 0.2) is 0 Å². The largest absolute Gasteiger partial charge is 0.481 e. The molecule has 1 aliphatic carbocycles. The molecular weight excluding hydrogens is 258 g/mol. The highest BCUT2D eigenvalue weighted by Gasteiger charge is 2.24. The third kappa shape index (κ3) is 6.34. The Hall–Kier alpha value is -1.14. The van der Waals surface area contributed by atoms with E-state index in [2.05, 4.69) is 17.1 Å². The predicted molar refractivity (Wildman–Crippen MR) is 77.4 cm³/mol. The summed E-state index contributed by atoms with van der Waals surface area (Å²) < 4.78 is 0. The van der Waals surface area contributed by atoms with E-state index in [4.69, 9.17) is 10.8 Å². The molecule has 1 rings (SSSR count). The number of nitrogens with two attached hydrogens (primary N) is 1. The van der Waals surface area contributed by atoms with Crippen LogP contribution in [-0.2, 0) is 9.59 Å². The van der Waals surface area contributed by atoms with E-state index in [1.54, 1.807) is 0 Å². The van der Waals surface area contributed by atoms with Gasteiger partial charge in [-0.3, -0.25) is 14.5 Å². The molecule has 0 heterocycles. The molecule has 1 fully saturated rings. The molecular formula is C14H27N3O3. The van der Waals surface area contributed by atoms with E-state index < -0.39 is 5.97 Å². The third-order valence-electron chi connectivity index (χ3n) is 3.90. The summed E-state index contributed by atoms with van der Waals surface area (Å²) in [6, 6.07) is 0.763. The summed E-state index contributed by atoms with van der Waals surface area (Å²) in [5.41, 5.74) is 5.90. The van der Waals surface area contributed by atoms with E-state index in [1.807, 2.05) is 0 Å². The predicted octanol–water partition coefficient (Wildman–Crippen LogP) is 0.559. The maximum atomic E-state index is 11.8. The van der Waals surface area contributed by atoms with Gasteiger partial charge in [0.25, 0.3) is 0 Å². The molecule has 0 aromatic heterocycles. The number of carbonyl (C=O) groups is 2. The summed E-state index contributed by atoms with van der Waals surface area (Å²) in [5, 5.41) is 11.3. The molecule has 0 aliphatic heterocycles. The second-order valence-corrected chi connectivity index (χ2v) is 5.48. The minimum Gasteiger partial charge on any atom is -0.481 e. The lowest BCUT2D eigenvalue weighted by Gasteiger charge is -2.34. The van der Waals surface area contributed by atoms with Crippen molar-refractivity contribution in [2.45, 2.75) is 57.5 Å². The Morgan fingerprint density at radius 3 is 2.50 bits per heavy atom. The zero-order valence-electron chi connectivity index (χ0n) is 12.3. The number of carboxylic acid groups (broad SMARTS) is 1. The highest BCUT2D eigenvalue weighted by atomic mass is 16.4. The molecule has 0 unspecified atom stereocenters. The van der Waals surface area contributed by atoms with Crippen LogP contribution in [0, 0.1) is 0 Å². The van der Waals surface area contributed by atoms with Gasteiger partial charge in [-0.1, -0.05) is 6.92 Å². The number of hydrogen-bond donors (Lipinski definition) is 3.